The molecule has 0 aromatic heterocycles. The molecule has 0 saturated carbocycles. The van der Waals surface area contributed by atoms with E-state index in [-0.39, 0.29) is 75.6 Å². The van der Waals surface area contributed by atoms with E-state index in [1.54, 1.807) is 32.0 Å². The third-order valence-electron chi connectivity index (χ3n) is 4.68. The van der Waals surface area contributed by atoms with Crippen LogP contribution in [0.15, 0.2) is 56.4 Å². The van der Waals surface area contributed by atoms with Crippen LogP contribution in [0, 0.1) is 13.8 Å². The van der Waals surface area contributed by atoms with Crippen LogP contribution in [-0.2, 0) is 25.0 Å². The summed E-state index contributed by atoms with van der Waals surface area (Å²) in [7, 11) is -10.3. The molecule has 0 bridgehead atoms. The van der Waals surface area contributed by atoms with Crippen molar-refractivity contribution in [1.82, 2.24) is 0 Å². The molecule has 0 saturated heterocycles. The van der Waals surface area contributed by atoms with E-state index in [0.29, 0.717) is 16.8 Å². The number of benzene rings is 3. The molecule has 0 radical (unpaired) electrons. The SMILES string of the molecule is CC(=O)Nc1cc(S(=O)(=O)[O-])cc2cc(S(=O)(=O)[O-])c(N=Nc3c(C)cccc3C)c(O)c12.[Na+].[Na+]. The van der Waals surface area contributed by atoms with Crippen LogP contribution in [0.4, 0.5) is 17.1 Å². The molecule has 0 spiro atoms. The monoisotopic (exact) mass is 537 g/mol. The number of rotatable bonds is 5. The number of hydrogen-bond donors (Lipinski definition) is 2. The maximum Gasteiger partial charge on any atom is 1.00 e. The molecule has 3 aromatic carbocycles. The summed E-state index contributed by atoms with van der Waals surface area (Å²) >= 11 is 0. The minimum atomic E-state index is -5.23. The molecule has 3 aromatic rings. The van der Waals surface area contributed by atoms with Crippen LogP contribution in [0.25, 0.3) is 10.8 Å². The first kappa shape index (κ1) is 31.6. The number of phenolic OH excluding ortho intramolecular Hbond substituents is 1. The fourth-order valence-electron chi connectivity index (χ4n) is 3.24. The molecule has 35 heavy (non-hydrogen) atoms. The fraction of sp³-hybridized carbons (Fsp3) is 0.150. The van der Waals surface area contributed by atoms with E-state index in [9.17, 15) is 35.8 Å². The average Bonchev–Trinajstić information content (AvgIpc) is 2.66. The standard InChI is InChI=1S/C20H19N3O8S2.2Na/c1-10-5-4-6-11(2)18(10)22-23-19-16(33(29,30)31)8-13-7-14(32(26,27)28)9-15(21-12(3)24)17(13)20(19)25;;/h4-9,25H,1-3H3,(H,21,24)(H,26,27,28)(H,29,30,31);;/q;2*+1/p-2. The molecule has 15 heteroatoms. The van der Waals surface area contributed by atoms with Gasteiger partial charge in [-0.3, -0.25) is 4.79 Å². The van der Waals surface area contributed by atoms with Crippen LogP contribution in [0.3, 0.4) is 0 Å². The van der Waals surface area contributed by atoms with Crippen molar-refractivity contribution in [3.05, 3.63) is 47.5 Å². The maximum atomic E-state index is 11.9. The first-order valence-corrected chi connectivity index (χ1v) is 12.0. The molecule has 0 aliphatic carbocycles. The molecule has 11 nitrogen and oxygen atoms in total. The second kappa shape index (κ2) is 11.8. The number of anilines is 1. The van der Waals surface area contributed by atoms with Crippen molar-refractivity contribution in [2.45, 2.75) is 30.6 Å². The first-order chi connectivity index (χ1) is 15.2. The minimum Gasteiger partial charge on any atom is -0.744 e. The van der Waals surface area contributed by atoms with E-state index in [4.69, 9.17) is 0 Å². The zero-order valence-electron chi connectivity index (χ0n) is 19.5. The molecule has 0 heterocycles. The van der Waals surface area contributed by atoms with Gasteiger partial charge in [-0.05, 0) is 48.6 Å². The second-order valence-electron chi connectivity index (χ2n) is 7.17. The number of fused-ring (bicyclic) bond motifs is 1. The molecule has 0 atom stereocenters. The number of carbonyl (C=O) groups is 1. The van der Waals surface area contributed by atoms with Gasteiger partial charge < -0.3 is 19.5 Å². The number of aryl methyl sites for hydroxylation is 2. The van der Waals surface area contributed by atoms with Crippen molar-refractivity contribution in [2.75, 3.05) is 5.32 Å². The summed E-state index contributed by atoms with van der Waals surface area (Å²) in [5.74, 6) is -1.52. The largest absolute Gasteiger partial charge is 1.00 e. The Hall–Kier alpha value is -1.39. The van der Waals surface area contributed by atoms with Gasteiger partial charge in [0, 0.05) is 12.3 Å². The molecule has 3 rings (SSSR count). The fourth-order valence-corrected chi connectivity index (χ4v) is 4.42. The number of hydrogen-bond acceptors (Lipinski definition) is 10. The van der Waals surface area contributed by atoms with Crippen LogP contribution < -0.4 is 64.4 Å². The van der Waals surface area contributed by atoms with Crippen molar-refractivity contribution in [1.29, 1.82) is 0 Å². The summed E-state index contributed by atoms with van der Waals surface area (Å²) < 4.78 is 70.3. The van der Waals surface area contributed by atoms with E-state index < -0.39 is 47.4 Å². The van der Waals surface area contributed by atoms with Crippen molar-refractivity contribution in [2.24, 2.45) is 10.2 Å². The zero-order valence-corrected chi connectivity index (χ0v) is 25.1. The summed E-state index contributed by atoms with van der Waals surface area (Å²) in [5, 5.41) is 20.4. The third kappa shape index (κ3) is 7.10. The van der Waals surface area contributed by atoms with Crippen LogP contribution in [-0.4, -0.2) is 37.0 Å². The van der Waals surface area contributed by atoms with E-state index in [1.807, 2.05) is 0 Å². The van der Waals surface area contributed by atoms with Gasteiger partial charge in [-0.15, -0.1) is 10.2 Å². The van der Waals surface area contributed by atoms with Crippen molar-refractivity contribution >= 4 is 54.0 Å². The van der Waals surface area contributed by atoms with Crippen LogP contribution >= 0.6 is 0 Å². The normalized spacial score (nSPS) is 11.7. The molecule has 0 aliphatic rings. The van der Waals surface area contributed by atoms with Crippen LogP contribution in [0.2, 0.25) is 0 Å². The van der Waals surface area contributed by atoms with E-state index in [0.717, 1.165) is 25.1 Å². The van der Waals surface area contributed by atoms with E-state index in [2.05, 4.69) is 15.5 Å². The van der Waals surface area contributed by atoms with Crippen LogP contribution in [0.5, 0.6) is 5.75 Å². The Morgan fingerprint density at radius 1 is 0.914 bits per heavy atom. The van der Waals surface area contributed by atoms with Gasteiger partial charge in [0.05, 0.1) is 21.2 Å². The number of nitrogens with zero attached hydrogens (tertiary/aromatic N) is 2. The summed E-state index contributed by atoms with van der Waals surface area (Å²) in [5.41, 5.74) is 0.750. The summed E-state index contributed by atoms with van der Waals surface area (Å²) in [6.07, 6.45) is 0. The number of nitrogens with one attached hydrogen (secondary N) is 1. The molecule has 2 N–H and O–H groups in total. The average molecular weight is 537 g/mol. The van der Waals surface area contributed by atoms with Crippen molar-refractivity contribution in [3.63, 3.8) is 0 Å². The number of azo groups is 1. The van der Waals surface area contributed by atoms with E-state index >= 15 is 0 Å². The van der Waals surface area contributed by atoms with Gasteiger partial charge in [-0.2, -0.15) is 0 Å². The van der Waals surface area contributed by atoms with Gasteiger partial charge in [0.25, 0.3) is 0 Å². The predicted octanol–water partition coefficient (Wildman–Crippen LogP) is -2.65. The Labute approximate surface area is 246 Å². The van der Waals surface area contributed by atoms with Crippen molar-refractivity contribution in [3.8, 4) is 5.75 Å². The summed E-state index contributed by atoms with van der Waals surface area (Å²) in [4.78, 5) is 9.82. The molecule has 0 fully saturated rings. The summed E-state index contributed by atoms with van der Waals surface area (Å²) in [6.45, 7) is 4.55. The third-order valence-corrected chi connectivity index (χ3v) is 6.34. The Bertz CT molecular complexity index is 1540. The first-order valence-electron chi connectivity index (χ1n) is 9.21. The number of carbonyl (C=O) groups excluding carboxylic acids is 1. The van der Waals surface area contributed by atoms with Gasteiger partial charge in [0.1, 0.15) is 25.9 Å². The smallest absolute Gasteiger partial charge is 0.744 e. The van der Waals surface area contributed by atoms with Gasteiger partial charge in [0.2, 0.25) is 5.91 Å². The second-order valence-corrected chi connectivity index (χ2v) is 9.90. The molecule has 1 amide bonds. The zero-order chi connectivity index (χ0) is 24.7. The predicted molar refractivity (Wildman–Crippen MR) is 116 cm³/mol. The van der Waals surface area contributed by atoms with Gasteiger partial charge >= 0.3 is 59.1 Å². The Balaban J connectivity index is 0.00000306. The molecular weight excluding hydrogens is 520 g/mol. The Morgan fingerprint density at radius 3 is 1.94 bits per heavy atom. The van der Waals surface area contributed by atoms with Gasteiger partial charge in [0.15, 0.2) is 5.75 Å². The van der Waals surface area contributed by atoms with Gasteiger partial charge in [-0.1, -0.05) is 18.2 Å². The quantitative estimate of drug-likeness (QED) is 0.201. The van der Waals surface area contributed by atoms with Crippen molar-refractivity contribution < 1.29 is 95.0 Å². The number of amides is 1. The molecular formula is C20H17N3Na2O8S2. The molecule has 174 valence electrons. The Kier molecular flexibility index (Phi) is 10.6. The maximum absolute atomic E-state index is 11.9. The topological polar surface area (TPSA) is 188 Å². The molecule has 0 unspecified atom stereocenters. The Morgan fingerprint density at radius 2 is 1.46 bits per heavy atom. The number of phenols is 1. The van der Waals surface area contributed by atoms with Gasteiger partial charge in [-0.25, -0.2) is 16.8 Å². The van der Waals surface area contributed by atoms with Crippen LogP contribution in [0.1, 0.15) is 18.1 Å². The minimum absolute atomic E-state index is 0. The van der Waals surface area contributed by atoms with E-state index in [1.165, 1.54) is 0 Å². The summed E-state index contributed by atoms with van der Waals surface area (Å²) in [6, 6.07) is 7.58. The molecule has 0 aliphatic heterocycles. The number of aromatic hydroxyl groups is 1.